The third-order valence-electron chi connectivity index (χ3n) is 4.72. The van der Waals surface area contributed by atoms with Crippen LogP contribution in [-0.2, 0) is 0 Å². The average Bonchev–Trinajstić information content (AvgIpc) is 2.97. The number of nitrogens with zero attached hydrogens (tertiary/aromatic N) is 1. The lowest BCUT2D eigenvalue weighted by molar-refractivity contribution is 0.0660. The Hall–Kier alpha value is -1.75. The van der Waals surface area contributed by atoms with Gasteiger partial charge in [0.25, 0.3) is 5.91 Å². The Morgan fingerprint density at radius 1 is 1.14 bits per heavy atom. The Kier molecular flexibility index (Phi) is 4.01. The van der Waals surface area contributed by atoms with E-state index in [4.69, 9.17) is 0 Å². The number of amides is 1. The first kappa shape index (κ1) is 14.2. The standard InChI is InChI=1S/C16H22N2O3/c19-13-4-1-5-14(20)15(13)16(21)18-10-2-3-12(18)11-6-8-17-9-7-11/h1,4-5,11-12,17,19-20H,2-3,6-10H2. The van der Waals surface area contributed by atoms with Gasteiger partial charge in [-0.1, -0.05) is 6.07 Å². The molecular weight excluding hydrogens is 268 g/mol. The molecule has 1 aromatic carbocycles. The van der Waals surface area contributed by atoms with E-state index in [2.05, 4.69) is 5.32 Å². The van der Waals surface area contributed by atoms with Crippen molar-refractivity contribution >= 4 is 5.91 Å². The Morgan fingerprint density at radius 2 is 1.81 bits per heavy atom. The fourth-order valence-electron chi connectivity index (χ4n) is 3.65. The highest BCUT2D eigenvalue weighted by Gasteiger charge is 2.36. The van der Waals surface area contributed by atoms with E-state index in [0.29, 0.717) is 12.5 Å². The lowest BCUT2D eigenvalue weighted by atomic mass is 9.88. The molecule has 114 valence electrons. The molecule has 2 aliphatic rings. The van der Waals surface area contributed by atoms with Gasteiger partial charge in [-0.05, 0) is 56.8 Å². The van der Waals surface area contributed by atoms with E-state index in [9.17, 15) is 15.0 Å². The number of likely N-dealkylation sites (tertiary alicyclic amines) is 1. The summed E-state index contributed by atoms with van der Waals surface area (Å²) in [5.41, 5.74) is 0.0401. The number of piperidine rings is 1. The minimum Gasteiger partial charge on any atom is -0.507 e. The monoisotopic (exact) mass is 290 g/mol. The highest BCUT2D eigenvalue weighted by molar-refractivity contribution is 5.99. The van der Waals surface area contributed by atoms with Crippen LogP contribution in [0.1, 0.15) is 36.0 Å². The summed E-state index contributed by atoms with van der Waals surface area (Å²) in [6.07, 6.45) is 4.18. The maximum atomic E-state index is 12.7. The van der Waals surface area contributed by atoms with E-state index in [1.807, 2.05) is 4.90 Å². The van der Waals surface area contributed by atoms with Gasteiger partial charge >= 0.3 is 0 Å². The molecule has 1 amide bonds. The summed E-state index contributed by atoms with van der Waals surface area (Å²) in [5.74, 6) is -0.00995. The predicted molar refractivity (Wildman–Crippen MR) is 79.4 cm³/mol. The van der Waals surface area contributed by atoms with Gasteiger partial charge < -0.3 is 20.4 Å². The quantitative estimate of drug-likeness (QED) is 0.775. The third kappa shape index (κ3) is 2.70. The van der Waals surface area contributed by atoms with Crippen molar-refractivity contribution in [3.63, 3.8) is 0 Å². The number of hydrogen-bond acceptors (Lipinski definition) is 4. The molecule has 0 radical (unpaired) electrons. The average molecular weight is 290 g/mol. The minimum absolute atomic E-state index is 0.0401. The van der Waals surface area contributed by atoms with Crippen LogP contribution in [0.5, 0.6) is 11.5 Å². The van der Waals surface area contributed by atoms with Crippen LogP contribution in [0.15, 0.2) is 18.2 Å². The summed E-state index contributed by atoms with van der Waals surface area (Å²) >= 11 is 0. The van der Waals surface area contributed by atoms with E-state index < -0.39 is 0 Å². The molecule has 3 N–H and O–H groups in total. The van der Waals surface area contributed by atoms with Crippen molar-refractivity contribution in [1.82, 2.24) is 10.2 Å². The second-order valence-electron chi connectivity index (χ2n) is 5.97. The second kappa shape index (κ2) is 5.93. The normalized spacial score (nSPS) is 23.4. The van der Waals surface area contributed by atoms with Gasteiger partial charge in [0.1, 0.15) is 17.1 Å². The molecule has 1 aromatic rings. The zero-order valence-electron chi connectivity index (χ0n) is 12.1. The zero-order valence-corrected chi connectivity index (χ0v) is 12.1. The summed E-state index contributed by atoms with van der Waals surface area (Å²) in [4.78, 5) is 14.6. The zero-order chi connectivity index (χ0) is 14.8. The van der Waals surface area contributed by atoms with Crippen molar-refractivity contribution < 1.29 is 15.0 Å². The van der Waals surface area contributed by atoms with Crippen LogP contribution in [0, 0.1) is 5.92 Å². The Bertz CT molecular complexity index is 506. The van der Waals surface area contributed by atoms with Gasteiger partial charge in [-0.15, -0.1) is 0 Å². The molecule has 5 heteroatoms. The highest BCUT2D eigenvalue weighted by Crippen LogP contribution is 2.34. The first-order chi connectivity index (χ1) is 10.2. The van der Waals surface area contributed by atoms with Gasteiger partial charge in [0.15, 0.2) is 0 Å². The minimum atomic E-state index is -0.244. The third-order valence-corrected chi connectivity index (χ3v) is 4.72. The van der Waals surface area contributed by atoms with Crippen molar-refractivity contribution in [3.8, 4) is 11.5 Å². The molecule has 1 unspecified atom stereocenters. The first-order valence-corrected chi connectivity index (χ1v) is 7.71. The first-order valence-electron chi connectivity index (χ1n) is 7.71. The van der Waals surface area contributed by atoms with E-state index in [-0.39, 0.29) is 29.0 Å². The number of rotatable bonds is 2. The van der Waals surface area contributed by atoms with Gasteiger partial charge in [-0.3, -0.25) is 4.79 Å². The molecule has 2 aliphatic heterocycles. The van der Waals surface area contributed by atoms with E-state index in [1.54, 1.807) is 0 Å². The van der Waals surface area contributed by atoms with Crippen LogP contribution >= 0.6 is 0 Å². The molecular formula is C16H22N2O3. The van der Waals surface area contributed by atoms with Crippen molar-refractivity contribution in [2.45, 2.75) is 31.7 Å². The van der Waals surface area contributed by atoms with Crippen molar-refractivity contribution in [2.24, 2.45) is 5.92 Å². The molecule has 0 spiro atoms. The van der Waals surface area contributed by atoms with E-state index >= 15 is 0 Å². The topological polar surface area (TPSA) is 72.8 Å². The lowest BCUT2D eigenvalue weighted by Crippen LogP contribution is -2.43. The number of carbonyl (C=O) groups excluding carboxylic acids is 1. The number of benzene rings is 1. The molecule has 0 bridgehead atoms. The number of phenolic OH excluding ortho intramolecular Hbond substituents is 2. The van der Waals surface area contributed by atoms with Gasteiger partial charge in [0.2, 0.25) is 0 Å². The van der Waals surface area contributed by atoms with E-state index in [0.717, 1.165) is 38.8 Å². The molecule has 1 atom stereocenters. The smallest absolute Gasteiger partial charge is 0.261 e. The number of carbonyl (C=O) groups is 1. The molecule has 0 aromatic heterocycles. The van der Waals surface area contributed by atoms with Gasteiger partial charge in [0.05, 0.1) is 0 Å². The highest BCUT2D eigenvalue weighted by atomic mass is 16.3. The van der Waals surface area contributed by atoms with Crippen LogP contribution in [0.2, 0.25) is 0 Å². The molecule has 0 aliphatic carbocycles. The maximum absolute atomic E-state index is 12.7. The molecule has 0 saturated carbocycles. The Morgan fingerprint density at radius 3 is 2.48 bits per heavy atom. The van der Waals surface area contributed by atoms with Crippen molar-refractivity contribution in [1.29, 1.82) is 0 Å². The summed E-state index contributed by atoms with van der Waals surface area (Å²) < 4.78 is 0. The van der Waals surface area contributed by atoms with Crippen LogP contribution in [0.3, 0.4) is 0 Å². The number of hydrogen-bond donors (Lipinski definition) is 3. The Labute approximate surface area is 124 Å². The van der Waals surface area contributed by atoms with Gasteiger partial charge in [0, 0.05) is 12.6 Å². The van der Waals surface area contributed by atoms with Crippen LogP contribution < -0.4 is 5.32 Å². The summed E-state index contributed by atoms with van der Waals surface area (Å²) in [7, 11) is 0. The molecule has 3 rings (SSSR count). The number of phenols is 2. The second-order valence-corrected chi connectivity index (χ2v) is 5.97. The molecule has 5 nitrogen and oxygen atoms in total. The van der Waals surface area contributed by atoms with Gasteiger partial charge in [-0.2, -0.15) is 0 Å². The maximum Gasteiger partial charge on any atom is 0.261 e. The van der Waals surface area contributed by atoms with Crippen molar-refractivity contribution in [2.75, 3.05) is 19.6 Å². The van der Waals surface area contributed by atoms with Crippen molar-refractivity contribution in [3.05, 3.63) is 23.8 Å². The van der Waals surface area contributed by atoms with Crippen LogP contribution in [-0.4, -0.2) is 46.7 Å². The summed E-state index contributed by atoms with van der Waals surface area (Å²) in [6.45, 7) is 2.72. The van der Waals surface area contributed by atoms with Crippen LogP contribution in [0.25, 0.3) is 0 Å². The number of nitrogens with one attached hydrogen (secondary N) is 1. The fraction of sp³-hybridized carbons (Fsp3) is 0.562. The number of aromatic hydroxyl groups is 2. The Balaban J connectivity index is 1.83. The summed E-state index contributed by atoms with van der Waals surface area (Å²) in [6, 6.07) is 4.67. The fourth-order valence-corrected chi connectivity index (χ4v) is 3.65. The summed E-state index contributed by atoms with van der Waals surface area (Å²) in [5, 5.41) is 23.2. The molecule has 2 saturated heterocycles. The molecule has 2 fully saturated rings. The van der Waals surface area contributed by atoms with Gasteiger partial charge in [-0.25, -0.2) is 0 Å². The molecule has 21 heavy (non-hydrogen) atoms. The SMILES string of the molecule is O=C(c1c(O)cccc1O)N1CCCC1C1CCNCC1. The largest absolute Gasteiger partial charge is 0.507 e. The molecule has 2 heterocycles. The van der Waals surface area contributed by atoms with Crippen LogP contribution in [0.4, 0.5) is 0 Å². The predicted octanol–water partition coefficient (Wildman–Crippen LogP) is 1.70. The lowest BCUT2D eigenvalue weighted by Gasteiger charge is -2.34. The van der Waals surface area contributed by atoms with E-state index in [1.165, 1.54) is 18.2 Å².